The average molecular weight is 435 g/mol. The van der Waals surface area contributed by atoms with Gasteiger partial charge in [-0.05, 0) is 35.4 Å². The van der Waals surface area contributed by atoms with Crippen molar-refractivity contribution in [3.63, 3.8) is 0 Å². The third-order valence-electron chi connectivity index (χ3n) is 5.51. The molecule has 1 aliphatic rings. The van der Waals surface area contributed by atoms with Crippen molar-refractivity contribution in [2.75, 3.05) is 18.6 Å². The summed E-state index contributed by atoms with van der Waals surface area (Å²) in [5.41, 5.74) is 2.54. The van der Waals surface area contributed by atoms with E-state index in [1.807, 2.05) is 66.7 Å². The minimum absolute atomic E-state index is 0.103. The van der Waals surface area contributed by atoms with Crippen molar-refractivity contribution in [1.29, 1.82) is 0 Å². The number of carbonyl (C=O) groups is 2. The monoisotopic (exact) mass is 434 g/mol. The summed E-state index contributed by atoms with van der Waals surface area (Å²) in [5, 5.41) is 3.64. The number of nitrogens with zero attached hydrogens (tertiary/aromatic N) is 1. The van der Waals surface area contributed by atoms with Crippen LogP contribution in [0.2, 0.25) is 5.02 Å². The number of carbonyl (C=O) groups excluding carboxylic acids is 2. The summed E-state index contributed by atoms with van der Waals surface area (Å²) in [7, 11) is 1.62. The third-order valence-corrected chi connectivity index (χ3v) is 5.83. The molecule has 5 nitrogen and oxygen atoms in total. The van der Waals surface area contributed by atoms with E-state index in [0.29, 0.717) is 17.3 Å². The minimum Gasteiger partial charge on any atom is -0.497 e. The molecular formula is C25H23ClN2O3. The Kier molecular flexibility index (Phi) is 6.23. The Bertz CT molecular complexity index is 1070. The van der Waals surface area contributed by atoms with Crippen molar-refractivity contribution in [2.24, 2.45) is 5.92 Å². The summed E-state index contributed by atoms with van der Waals surface area (Å²) in [6, 6.07) is 24.2. The molecule has 1 N–H and O–H groups in total. The van der Waals surface area contributed by atoms with Crippen LogP contribution in [-0.4, -0.2) is 25.5 Å². The summed E-state index contributed by atoms with van der Waals surface area (Å²) in [6.07, 6.45) is 0.154. The van der Waals surface area contributed by atoms with Gasteiger partial charge < -0.3 is 15.0 Å². The van der Waals surface area contributed by atoms with Crippen LogP contribution in [0.3, 0.4) is 0 Å². The van der Waals surface area contributed by atoms with Gasteiger partial charge in [0.25, 0.3) is 0 Å². The van der Waals surface area contributed by atoms with Gasteiger partial charge in [-0.2, -0.15) is 0 Å². The van der Waals surface area contributed by atoms with Crippen molar-refractivity contribution in [3.8, 4) is 5.75 Å². The number of ether oxygens (including phenoxy) is 1. The number of nitrogens with one attached hydrogen (secondary N) is 1. The lowest BCUT2D eigenvalue weighted by Crippen LogP contribution is -2.36. The highest BCUT2D eigenvalue weighted by molar-refractivity contribution is 6.33. The summed E-state index contributed by atoms with van der Waals surface area (Å²) >= 11 is 6.26. The van der Waals surface area contributed by atoms with E-state index in [9.17, 15) is 9.59 Å². The lowest BCUT2D eigenvalue weighted by Gasteiger charge is -2.22. The first-order chi connectivity index (χ1) is 15.1. The average Bonchev–Trinajstić information content (AvgIpc) is 3.20. The number of amides is 2. The number of halogens is 1. The van der Waals surface area contributed by atoms with Crippen LogP contribution in [-0.2, 0) is 9.59 Å². The van der Waals surface area contributed by atoms with Crippen LogP contribution in [0, 0.1) is 5.92 Å². The van der Waals surface area contributed by atoms with E-state index in [1.54, 1.807) is 24.1 Å². The van der Waals surface area contributed by atoms with E-state index in [2.05, 4.69) is 5.32 Å². The van der Waals surface area contributed by atoms with Gasteiger partial charge in [-0.15, -0.1) is 0 Å². The molecule has 0 radical (unpaired) electrons. The Hall–Kier alpha value is -3.31. The first-order valence-electron chi connectivity index (χ1n) is 10.1. The number of hydrogen-bond donors (Lipinski definition) is 1. The lowest BCUT2D eigenvalue weighted by atomic mass is 9.97. The third kappa shape index (κ3) is 4.57. The molecule has 0 bridgehead atoms. The first kappa shape index (κ1) is 20.9. The zero-order valence-electron chi connectivity index (χ0n) is 17.1. The fraction of sp³-hybridized carbons (Fsp3) is 0.200. The van der Waals surface area contributed by atoms with Crippen LogP contribution in [0.15, 0.2) is 78.9 Å². The molecular weight excluding hydrogens is 412 g/mol. The van der Waals surface area contributed by atoms with E-state index >= 15 is 0 Å². The number of anilines is 1. The summed E-state index contributed by atoms with van der Waals surface area (Å²) in [5.74, 6) is 0.0356. The zero-order valence-corrected chi connectivity index (χ0v) is 17.9. The Balaban J connectivity index is 1.55. The van der Waals surface area contributed by atoms with Crippen molar-refractivity contribution >= 4 is 29.1 Å². The summed E-state index contributed by atoms with van der Waals surface area (Å²) in [4.78, 5) is 27.4. The summed E-state index contributed by atoms with van der Waals surface area (Å²) < 4.78 is 5.25. The smallest absolute Gasteiger partial charge is 0.227 e. The molecule has 6 heteroatoms. The van der Waals surface area contributed by atoms with Gasteiger partial charge in [-0.3, -0.25) is 9.59 Å². The second-order valence-corrected chi connectivity index (χ2v) is 7.89. The van der Waals surface area contributed by atoms with E-state index in [1.165, 1.54) is 0 Å². The number of rotatable bonds is 6. The molecule has 1 aliphatic heterocycles. The molecule has 0 unspecified atom stereocenters. The zero-order chi connectivity index (χ0) is 21.8. The molecule has 4 rings (SSSR count). The quantitative estimate of drug-likeness (QED) is 0.616. The second-order valence-electron chi connectivity index (χ2n) is 7.48. The predicted octanol–water partition coefficient (Wildman–Crippen LogP) is 4.61. The van der Waals surface area contributed by atoms with Gasteiger partial charge in [0.2, 0.25) is 11.8 Å². The molecule has 2 atom stereocenters. The molecule has 0 aliphatic carbocycles. The molecule has 1 saturated heterocycles. The fourth-order valence-corrected chi connectivity index (χ4v) is 4.09. The van der Waals surface area contributed by atoms with Crippen LogP contribution in [0.1, 0.15) is 23.6 Å². The highest BCUT2D eigenvalue weighted by atomic mass is 35.5. The standard InChI is InChI=1S/C25H23ClN2O3/c1-31-20-13-11-18(12-14-20)24(17-7-3-2-4-8-17)27-25(30)19-15-23(29)28(16-19)22-10-6-5-9-21(22)26/h2-14,19,24H,15-16H2,1H3,(H,27,30)/t19-,24+/m1/s1. The predicted molar refractivity (Wildman–Crippen MR) is 121 cm³/mol. The highest BCUT2D eigenvalue weighted by Gasteiger charge is 2.36. The Labute approximate surface area is 186 Å². The fourth-order valence-electron chi connectivity index (χ4n) is 3.85. The minimum atomic E-state index is -0.451. The van der Waals surface area contributed by atoms with E-state index in [-0.39, 0.29) is 24.3 Å². The number of para-hydroxylation sites is 1. The van der Waals surface area contributed by atoms with Crippen LogP contribution in [0.4, 0.5) is 5.69 Å². The van der Waals surface area contributed by atoms with Crippen molar-refractivity contribution < 1.29 is 14.3 Å². The number of methoxy groups -OCH3 is 1. The Morgan fingerprint density at radius 3 is 2.32 bits per heavy atom. The Morgan fingerprint density at radius 1 is 1.00 bits per heavy atom. The van der Waals surface area contributed by atoms with Gasteiger partial charge in [0.15, 0.2) is 0 Å². The van der Waals surface area contributed by atoms with E-state index in [4.69, 9.17) is 16.3 Å². The molecule has 0 aromatic heterocycles. The number of hydrogen-bond acceptors (Lipinski definition) is 3. The van der Waals surface area contributed by atoms with Gasteiger partial charge in [-0.25, -0.2) is 0 Å². The van der Waals surface area contributed by atoms with Crippen molar-refractivity contribution in [1.82, 2.24) is 5.32 Å². The maximum absolute atomic E-state index is 13.2. The van der Waals surface area contributed by atoms with Crippen molar-refractivity contribution in [3.05, 3.63) is 95.0 Å². The van der Waals surface area contributed by atoms with Crippen LogP contribution >= 0.6 is 11.6 Å². The van der Waals surface area contributed by atoms with Gasteiger partial charge >= 0.3 is 0 Å². The van der Waals surface area contributed by atoms with Gasteiger partial charge in [0, 0.05) is 13.0 Å². The molecule has 2 amide bonds. The lowest BCUT2D eigenvalue weighted by molar-refractivity contribution is -0.126. The summed E-state index contributed by atoms with van der Waals surface area (Å²) in [6.45, 7) is 0.304. The molecule has 3 aromatic carbocycles. The van der Waals surface area contributed by atoms with Gasteiger partial charge in [-0.1, -0.05) is 66.2 Å². The van der Waals surface area contributed by atoms with Crippen LogP contribution < -0.4 is 15.0 Å². The molecule has 1 heterocycles. The maximum atomic E-state index is 13.2. The van der Waals surface area contributed by atoms with E-state index in [0.717, 1.165) is 16.9 Å². The molecule has 158 valence electrons. The molecule has 1 fully saturated rings. The normalized spacial score (nSPS) is 16.8. The molecule has 0 saturated carbocycles. The van der Waals surface area contributed by atoms with Gasteiger partial charge in [0.1, 0.15) is 5.75 Å². The molecule has 3 aromatic rings. The van der Waals surface area contributed by atoms with Gasteiger partial charge in [0.05, 0.1) is 29.8 Å². The topological polar surface area (TPSA) is 58.6 Å². The SMILES string of the molecule is COc1ccc([C@@H](NC(=O)[C@@H]2CC(=O)N(c3ccccc3Cl)C2)c2ccccc2)cc1. The largest absolute Gasteiger partial charge is 0.497 e. The first-order valence-corrected chi connectivity index (χ1v) is 10.5. The van der Waals surface area contributed by atoms with Crippen molar-refractivity contribution in [2.45, 2.75) is 12.5 Å². The second kappa shape index (κ2) is 9.23. The van der Waals surface area contributed by atoms with Crippen LogP contribution in [0.5, 0.6) is 5.75 Å². The molecule has 31 heavy (non-hydrogen) atoms. The van der Waals surface area contributed by atoms with Crippen LogP contribution in [0.25, 0.3) is 0 Å². The number of benzene rings is 3. The molecule has 0 spiro atoms. The highest BCUT2D eigenvalue weighted by Crippen LogP contribution is 2.32. The van der Waals surface area contributed by atoms with E-state index < -0.39 is 5.92 Å². The Morgan fingerprint density at radius 2 is 1.65 bits per heavy atom. The maximum Gasteiger partial charge on any atom is 0.227 e.